The van der Waals surface area contributed by atoms with E-state index >= 15 is 0 Å². The van der Waals surface area contributed by atoms with Gasteiger partial charge in [0.15, 0.2) is 4.77 Å². The molecule has 0 amide bonds. The van der Waals surface area contributed by atoms with Crippen molar-refractivity contribution in [2.45, 2.75) is 0 Å². The first-order valence-corrected chi connectivity index (χ1v) is 7.38. The molecule has 6 heteroatoms. The van der Waals surface area contributed by atoms with Gasteiger partial charge in [-0.15, -0.1) is 0 Å². The Labute approximate surface area is 133 Å². The molecule has 19 heavy (non-hydrogen) atoms. The van der Waals surface area contributed by atoms with Gasteiger partial charge in [-0.25, -0.2) is 0 Å². The highest BCUT2D eigenvalue weighted by atomic mass is 79.9. The van der Waals surface area contributed by atoms with Gasteiger partial charge in [-0.1, -0.05) is 29.3 Å². The third-order valence-electron chi connectivity index (χ3n) is 2.83. The lowest BCUT2D eigenvalue weighted by molar-refractivity contribution is 1.06. The Morgan fingerprint density at radius 3 is 2.63 bits per heavy atom. The Morgan fingerprint density at radius 1 is 1.11 bits per heavy atom. The fraction of sp³-hybridized carbons (Fsp3) is 0. The minimum atomic E-state index is 0.595. The standard InChI is InChI=1S/C13H7BrCl2N2S/c14-8-6-7(4-5-9(8)15)18-11-3-1-2-10(16)12(11)17-13(18)19/h1-6H,(H,17,19). The molecule has 0 aliphatic heterocycles. The lowest BCUT2D eigenvalue weighted by atomic mass is 10.3. The van der Waals surface area contributed by atoms with Crippen LogP contribution in [0, 0.1) is 4.77 Å². The minimum absolute atomic E-state index is 0.595. The van der Waals surface area contributed by atoms with Crippen molar-refractivity contribution in [3.05, 3.63) is 55.7 Å². The van der Waals surface area contributed by atoms with Gasteiger partial charge in [0.1, 0.15) is 0 Å². The largest absolute Gasteiger partial charge is 0.329 e. The van der Waals surface area contributed by atoms with Gasteiger partial charge in [0, 0.05) is 10.2 Å². The summed E-state index contributed by atoms with van der Waals surface area (Å²) >= 11 is 21.0. The Kier molecular flexibility index (Phi) is 3.43. The van der Waals surface area contributed by atoms with Gasteiger partial charge >= 0.3 is 0 Å². The van der Waals surface area contributed by atoms with Crippen LogP contribution < -0.4 is 0 Å². The summed E-state index contributed by atoms with van der Waals surface area (Å²) in [5.74, 6) is 0. The molecule has 0 fully saturated rings. The van der Waals surface area contributed by atoms with Gasteiger partial charge in [-0.3, -0.25) is 4.57 Å². The molecular formula is C13H7BrCl2N2S. The molecule has 3 aromatic rings. The van der Waals surface area contributed by atoms with Crippen LogP contribution in [0.25, 0.3) is 16.7 Å². The van der Waals surface area contributed by atoms with Crippen molar-refractivity contribution in [2.24, 2.45) is 0 Å². The number of rotatable bonds is 1. The van der Waals surface area contributed by atoms with Gasteiger partial charge in [0.25, 0.3) is 0 Å². The van der Waals surface area contributed by atoms with Crippen LogP contribution in [-0.4, -0.2) is 9.55 Å². The number of para-hydroxylation sites is 1. The molecule has 0 atom stereocenters. The number of fused-ring (bicyclic) bond motifs is 1. The molecule has 1 aromatic heterocycles. The highest BCUT2D eigenvalue weighted by Crippen LogP contribution is 2.29. The van der Waals surface area contributed by atoms with Crippen molar-refractivity contribution >= 4 is 62.4 Å². The second-order valence-electron chi connectivity index (χ2n) is 4.00. The number of aromatic nitrogens is 2. The van der Waals surface area contributed by atoms with E-state index in [0.717, 1.165) is 21.2 Å². The highest BCUT2D eigenvalue weighted by molar-refractivity contribution is 9.10. The van der Waals surface area contributed by atoms with Crippen molar-refractivity contribution in [1.82, 2.24) is 9.55 Å². The van der Waals surface area contributed by atoms with Crippen LogP contribution in [0.1, 0.15) is 0 Å². The zero-order valence-electron chi connectivity index (χ0n) is 9.45. The molecular weight excluding hydrogens is 367 g/mol. The van der Waals surface area contributed by atoms with Crippen LogP contribution in [-0.2, 0) is 0 Å². The highest BCUT2D eigenvalue weighted by Gasteiger charge is 2.09. The van der Waals surface area contributed by atoms with Gasteiger partial charge in [-0.2, -0.15) is 0 Å². The van der Waals surface area contributed by atoms with Crippen LogP contribution in [0.3, 0.4) is 0 Å². The van der Waals surface area contributed by atoms with E-state index in [-0.39, 0.29) is 0 Å². The molecule has 2 aromatic carbocycles. The first kappa shape index (κ1) is 13.2. The topological polar surface area (TPSA) is 20.7 Å². The summed E-state index contributed by atoms with van der Waals surface area (Å²) in [5, 5.41) is 1.31. The summed E-state index contributed by atoms with van der Waals surface area (Å²) in [7, 11) is 0. The van der Waals surface area contributed by atoms with Gasteiger partial charge in [0.05, 0.1) is 21.1 Å². The maximum atomic E-state index is 6.17. The molecule has 2 nitrogen and oxygen atoms in total. The van der Waals surface area contributed by atoms with E-state index in [4.69, 9.17) is 35.4 Å². The molecule has 0 unspecified atom stereocenters. The van der Waals surface area contributed by atoms with Crippen molar-refractivity contribution in [3.8, 4) is 5.69 Å². The normalized spacial score (nSPS) is 11.1. The van der Waals surface area contributed by atoms with Gasteiger partial charge in [-0.05, 0) is 58.5 Å². The van der Waals surface area contributed by atoms with E-state index in [2.05, 4.69) is 20.9 Å². The summed E-state index contributed by atoms with van der Waals surface area (Å²) in [6.45, 7) is 0. The second-order valence-corrected chi connectivity index (χ2v) is 6.05. The molecule has 0 saturated carbocycles. The van der Waals surface area contributed by atoms with Crippen molar-refractivity contribution in [2.75, 3.05) is 0 Å². The van der Waals surface area contributed by atoms with Crippen molar-refractivity contribution in [3.63, 3.8) is 0 Å². The maximum absolute atomic E-state index is 6.17. The number of halogens is 3. The zero-order valence-corrected chi connectivity index (χ0v) is 13.4. The number of hydrogen-bond donors (Lipinski definition) is 1. The fourth-order valence-electron chi connectivity index (χ4n) is 1.98. The number of benzene rings is 2. The van der Waals surface area contributed by atoms with Crippen molar-refractivity contribution < 1.29 is 0 Å². The minimum Gasteiger partial charge on any atom is -0.329 e. The van der Waals surface area contributed by atoms with E-state index in [1.807, 2.05) is 41.0 Å². The number of H-pyrrole nitrogens is 1. The monoisotopic (exact) mass is 372 g/mol. The SMILES string of the molecule is S=c1[nH]c2c(Cl)cccc2n1-c1ccc(Cl)c(Br)c1. The maximum Gasteiger partial charge on any atom is 0.182 e. The lowest BCUT2D eigenvalue weighted by Crippen LogP contribution is -1.93. The smallest absolute Gasteiger partial charge is 0.182 e. The molecule has 0 bridgehead atoms. The van der Waals surface area contributed by atoms with Crippen LogP contribution >= 0.6 is 51.3 Å². The molecule has 0 spiro atoms. The molecule has 0 radical (unpaired) electrons. The Morgan fingerprint density at radius 2 is 1.89 bits per heavy atom. The first-order chi connectivity index (χ1) is 9.08. The van der Waals surface area contributed by atoms with Crippen LogP contribution in [0.15, 0.2) is 40.9 Å². The number of nitrogens with zero attached hydrogens (tertiary/aromatic N) is 1. The van der Waals surface area contributed by atoms with E-state index in [1.165, 1.54) is 0 Å². The molecule has 96 valence electrons. The number of imidazole rings is 1. The van der Waals surface area contributed by atoms with Crippen molar-refractivity contribution in [1.29, 1.82) is 0 Å². The summed E-state index contributed by atoms with van der Waals surface area (Å²) in [4.78, 5) is 3.13. The molecule has 0 saturated heterocycles. The Bertz CT molecular complexity index is 838. The molecule has 0 aliphatic carbocycles. The van der Waals surface area contributed by atoms with E-state index in [9.17, 15) is 0 Å². The molecule has 0 aliphatic rings. The molecule has 1 heterocycles. The van der Waals surface area contributed by atoms with Gasteiger partial charge in [0.2, 0.25) is 0 Å². The summed E-state index contributed by atoms with van der Waals surface area (Å²) in [5.41, 5.74) is 2.70. The third kappa shape index (κ3) is 2.23. The quantitative estimate of drug-likeness (QED) is 0.538. The van der Waals surface area contributed by atoms with Crippen LogP contribution in [0.4, 0.5) is 0 Å². The Hall–Kier alpha value is -0.810. The first-order valence-electron chi connectivity index (χ1n) is 5.42. The fourth-order valence-corrected chi connectivity index (χ4v) is 2.98. The molecule has 1 N–H and O–H groups in total. The van der Waals surface area contributed by atoms with Crippen LogP contribution in [0.2, 0.25) is 10.0 Å². The summed E-state index contributed by atoms with van der Waals surface area (Å²) in [6.07, 6.45) is 0. The zero-order chi connectivity index (χ0) is 13.6. The van der Waals surface area contributed by atoms with Crippen LogP contribution in [0.5, 0.6) is 0 Å². The average Bonchev–Trinajstić information content (AvgIpc) is 2.71. The summed E-state index contributed by atoms with van der Waals surface area (Å²) in [6, 6.07) is 11.4. The van der Waals surface area contributed by atoms with Gasteiger partial charge < -0.3 is 4.98 Å². The predicted octanol–water partition coefficient (Wildman–Crippen LogP) is 5.76. The predicted molar refractivity (Wildman–Crippen MR) is 86.2 cm³/mol. The average molecular weight is 374 g/mol. The number of hydrogen-bond acceptors (Lipinski definition) is 1. The summed E-state index contributed by atoms with van der Waals surface area (Å²) < 4.78 is 3.35. The Balaban J connectivity index is 2.36. The van der Waals surface area contributed by atoms with E-state index in [0.29, 0.717) is 14.8 Å². The van der Waals surface area contributed by atoms with E-state index < -0.39 is 0 Å². The lowest BCUT2D eigenvalue weighted by Gasteiger charge is -2.06. The molecule has 3 rings (SSSR count). The number of aromatic amines is 1. The third-order valence-corrected chi connectivity index (χ3v) is 4.64. The second kappa shape index (κ2) is 4.94. The number of nitrogens with one attached hydrogen (secondary N) is 1. The van der Waals surface area contributed by atoms with E-state index in [1.54, 1.807) is 0 Å².